The van der Waals surface area contributed by atoms with Gasteiger partial charge in [-0.3, -0.25) is 4.79 Å². The molecule has 0 bridgehead atoms. The van der Waals surface area contributed by atoms with Crippen molar-refractivity contribution >= 4 is 16.0 Å². The molecule has 2 aliphatic rings. The molecule has 0 aromatic heterocycles. The van der Waals surface area contributed by atoms with E-state index in [1.807, 2.05) is 0 Å². The molecule has 2 saturated heterocycles. The van der Waals surface area contributed by atoms with E-state index < -0.39 is 26.7 Å². The molecular formula is C12H21NO6S. The minimum Gasteiger partial charge on any atom is -0.481 e. The highest BCUT2D eigenvalue weighted by Gasteiger charge is 2.41. The van der Waals surface area contributed by atoms with E-state index in [-0.39, 0.29) is 6.54 Å². The maximum Gasteiger partial charge on any atom is 0.311 e. The molecule has 8 heteroatoms. The van der Waals surface area contributed by atoms with Crippen molar-refractivity contribution < 1.29 is 27.8 Å². The predicted molar refractivity (Wildman–Crippen MR) is 70.9 cm³/mol. The summed E-state index contributed by atoms with van der Waals surface area (Å²) in [5, 5.41) is 8.90. The van der Waals surface area contributed by atoms with Crippen LogP contribution in [0.4, 0.5) is 0 Å². The Morgan fingerprint density at radius 3 is 2.25 bits per heavy atom. The van der Waals surface area contributed by atoms with E-state index in [1.54, 1.807) is 0 Å². The lowest BCUT2D eigenvalue weighted by molar-refractivity contribution is -0.154. The van der Waals surface area contributed by atoms with Crippen LogP contribution >= 0.6 is 0 Å². The second kappa shape index (κ2) is 6.38. The Hall–Kier alpha value is -0.700. The molecule has 0 atom stereocenters. The smallest absolute Gasteiger partial charge is 0.311 e. The number of nitrogens with one attached hydrogen (secondary N) is 1. The van der Waals surface area contributed by atoms with Gasteiger partial charge in [0.25, 0.3) is 0 Å². The van der Waals surface area contributed by atoms with Gasteiger partial charge in [0.2, 0.25) is 10.0 Å². The molecule has 2 N–H and O–H groups in total. The van der Waals surface area contributed by atoms with E-state index >= 15 is 0 Å². The number of hydrogen-bond acceptors (Lipinski definition) is 5. The Bertz CT molecular complexity index is 437. The van der Waals surface area contributed by atoms with Crippen molar-refractivity contribution in [2.45, 2.75) is 30.9 Å². The van der Waals surface area contributed by atoms with Crippen molar-refractivity contribution in [3.05, 3.63) is 0 Å². The first-order chi connectivity index (χ1) is 9.46. The molecule has 0 saturated carbocycles. The number of aliphatic carboxylic acids is 1. The van der Waals surface area contributed by atoms with Crippen LogP contribution in [0.5, 0.6) is 0 Å². The summed E-state index contributed by atoms with van der Waals surface area (Å²) in [5.74, 6) is -0.963. The monoisotopic (exact) mass is 307 g/mol. The molecule has 2 aliphatic heterocycles. The molecule has 0 aromatic rings. The highest BCUT2D eigenvalue weighted by molar-refractivity contribution is 7.90. The molecule has 2 rings (SSSR count). The molecule has 0 unspecified atom stereocenters. The first-order valence-electron chi connectivity index (χ1n) is 6.84. The number of sulfonamides is 1. The first kappa shape index (κ1) is 15.7. The van der Waals surface area contributed by atoms with Crippen LogP contribution in [0.15, 0.2) is 0 Å². The van der Waals surface area contributed by atoms with Gasteiger partial charge in [-0.05, 0) is 25.7 Å². The summed E-state index contributed by atoms with van der Waals surface area (Å²) in [7, 11) is -3.49. The van der Waals surface area contributed by atoms with Gasteiger partial charge in [-0.15, -0.1) is 0 Å². The third kappa shape index (κ3) is 3.49. The average molecular weight is 307 g/mol. The normalized spacial score (nSPS) is 24.4. The molecule has 20 heavy (non-hydrogen) atoms. The van der Waals surface area contributed by atoms with E-state index in [0.29, 0.717) is 52.1 Å². The SMILES string of the molecule is O=C(O)C1(CNS(=O)(=O)C2CCOCC2)CCOCC1. The number of hydrogen-bond donors (Lipinski definition) is 2. The van der Waals surface area contributed by atoms with Gasteiger partial charge in [0, 0.05) is 33.0 Å². The zero-order chi connectivity index (χ0) is 14.6. The predicted octanol–water partition coefficient (Wildman–Crippen LogP) is -0.0338. The standard InChI is InChI=1S/C12H21NO6S/c14-11(15)12(3-7-19-8-4-12)9-13-20(16,17)10-1-5-18-6-2-10/h10,13H,1-9H2,(H,14,15). The van der Waals surface area contributed by atoms with Gasteiger partial charge in [-0.25, -0.2) is 13.1 Å². The topological polar surface area (TPSA) is 102 Å². The largest absolute Gasteiger partial charge is 0.481 e. The van der Waals surface area contributed by atoms with Crippen molar-refractivity contribution in [1.29, 1.82) is 0 Å². The minimum atomic E-state index is -3.49. The average Bonchev–Trinajstić information content (AvgIpc) is 2.47. The zero-order valence-corrected chi connectivity index (χ0v) is 12.2. The van der Waals surface area contributed by atoms with Crippen LogP contribution in [0.1, 0.15) is 25.7 Å². The molecule has 7 nitrogen and oxygen atoms in total. The third-order valence-corrected chi connectivity index (χ3v) is 6.02. The van der Waals surface area contributed by atoms with Crippen molar-refractivity contribution in [2.75, 3.05) is 33.0 Å². The van der Waals surface area contributed by atoms with Gasteiger partial charge in [-0.1, -0.05) is 0 Å². The highest BCUT2D eigenvalue weighted by Crippen LogP contribution is 2.30. The van der Waals surface area contributed by atoms with Crippen LogP contribution < -0.4 is 4.72 Å². The van der Waals surface area contributed by atoms with E-state index in [9.17, 15) is 18.3 Å². The van der Waals surface area contributed by atoms with E-state index in [0.717, 1.165) is 0 Å². The van der Waals surface area contributed by atoms with Crippen LogP contribution in [-0.4, -0.2) is 57.7 Å². The Morgan fingerprint density at radius 2 is 1.70 bits per heavy atom. The summed E-state index contributed by atoms with van der Waals surface area (Å²) in [4.78, 5) is 11.5. The summed E-state index contributed by atoms with van der Waals surface area (Å²) in [6.07, 6.45) is 1.58. The van der Waals surface area contributed by atoms with Gasteiger partial charge >= 0.3 is 5.97 Å². The molecule has 0 amide bonds. The molecule has 0 aromatic carbocycles. The number of carboxylic acid groups (broad SMARTS) is 1. The van der Waals surface area contributed by atoms with Gasteiger partial charge in [-0.2, -0.15) is 0 Å². The molecule has 2 heterocycles. The molecule has 116 valence electrons. The van der Waals surface area contributed by atoms with Crippen LogP contribution in [0.2, 0.25) is 0 Å². The summed E-state index contributed by atoms with van der Waals surface area (Å²) in [6.45, 7) is 1.51. The molecule has 0 spiro atoms. The summed E-state index contributed by atoms with van der Waals surface area (Å²) < 4.78 is 37.2. The lowest BCUT2D eigenvalue weighted by Gasteiger charge is -2.33. The van der Waals surface area contributed by atoms with E-state index in [2.05, 4.69) is 4.72 Å². The zero-order valence-electron chi connectivity index (χ0n) is 11.3. The Balaban J connectivity index is 1.99. The fourth-order valence-electron chi connectivity index (χ4n) is 2.57. The maximum absolute atomic E-state index is 12.2. The minimum absolute atomic E-state index is 0.0641. The second-order valence-electron chi connectivity index (χ2n) is 5.38. The van der Waals surface area contributed by atoms with Gasteiger partial charge in [0.05, 0.1) is 10.7 Å². The number of ether oxygens (including phenoxy) is 2. The van der Waals surface area contributed by atoms with Crippen molar-refractivity contribution in [3.63, 3.8) is 0 Å². The molecular weight excluding hydrogens is 286 g/mol. The number of rotatable bonds is 5. The fraction of sp³-hybridized carbons (Fsp3) is 0.917. The van der Waals surface area contributed by atoms with Crippen LogP contribution in [0.3, 0.4) is 0 Å². The van der Waals surface area contributed by atoms with Crippen LogP contribution in [0.25, 0.3) is 0 Å². The van der Waals surface area contributed by atoms with E-state index in [1.165, 1.54) is 0 Å². The van der Waals surface area contributed by atoms with Crippen molar-refractivity contribution in [1.82, 2.24) is 4.72 Å². The molecule has 2 fully saturated rings. The second-order valence-corrected chi connectivity index (χ2v) is 7.42. The van der Waals surface area contributed by atoms with Gasteiger partial charge in [0.1, 0.15) is 0 Å². The fourth-order valence-corrected chi connectivity index (χ4v) is 4.10. The van der Waals surface area contributed by atoms with Gasteiger partial charge < -0.3 is 14.6 Å². The van der Waals surface area contributed by atoms with Gasteiger partial charge in [0.15, 0.2) is 0 Å². The lowest BCUT2D eigenvalue weighted by Crippen LogP contribution is -2.48. The van der Waals surface area contributed by atoms with Crippen molar-refractivity contribution in [3.8, 4) is 0 Å². The molecule has 0 aliphatic carbocycles. The summed E-state index contributed by atoms with van der Waals surface area (Å²) >= 11 is 0. The first-order valence-corrected chi connectivity index (χ1v) is 8.38. The third-order valence-electron chi connectivity index (χ3n) is 4.12. The quantitative estimate of drug-likeness (QED) is 0.739. The molecule has 0 radical (unpaired) electrons. The van der Waals surface area contributed by atoms with Crippen LogP contribution in [0, 0.1) is 5.41 Å². The van der Waals surface area contributed by atoms with Crippen molar-refractivity contribution in [2.24, 2.45) is 5.41 Å². The number of carbonyl (C=O) groups is 1. The van der Waals surface area contributed by atoms with E-state index in [4.69, 9.17) is 9.47 Å². The highest BCUT2D eigenvalue weighted by atomic mass is 32.2. The Kier molecular flexibility index (Phi) is 5.00. The Morgan fingerprint density at radius 1 is 1.15 bits per heavy atom. The number of carboxylic acids is 1. The summed E-state index contributed by atoms with van der Waals surface area (Å²) in [5.41, 5.74) is -1.05. The van der Waals surface area contributed by atoms with Crippen LogP contribution in [-0.2, 0) is 24.3 Å². The Labute approximate surface area is 118 Å². The maximum atomic E-state index is 12.2. The lowest BCUT2D eigenvalue weighted by atomic mass is 9.80. The summed E-state index contributed by atoms with van der Waals surface area (Å²) in [6, 6.07) is 0.